The Morgan fingerprint density at radius 1 is 0.944 bits per heavy atom. The second-order valence-electron chi connectivity index (χ2n) is 3.53. The van der Waals surface area contributed by atoms with Crippen molar-refractivity contribution in [2.45, 2.75) is 5.88 Å². The van der Waals surface area contributed by atoms with E-state index in [1.165, 1.54) is 18.2 Å². The molecule has 0 saturated heterocycles. The number of hydrogen-bond acceptors (Lipinski definition) is 1. The van der Waals surface area contributed by atoms with Crippen molar-refractivity contribution in [1.82, 2.24) is 0 Å². The summed E-state index contributed by atoms with van der Waals surface area (Å²) in [4.78, 5) is 0. The van der Waals surface area contributed by atoms with Crippen LogP contribution in [0.5, 0.6) is 11.5 Å². The van der Waals surface area contributed by atoms with Crippen molar-refractivity contribution in [2.75, 3.05) is 0 Å². The Bertz CT molecular complexity index is 572. The van der Waals surface area contributed by atoms with Crippen LogP contribution < -0.4 is 4.74 Å². The van der Waals surface area contributed by atoms with Crippen LogP contribution in [0.15, 0.2) is 36.4 Å². The zero-order valence-corrected chi connectivity index (χ0v) is 9.85. The second-order valence-corrected chi connectivity index (χ2v) is 3.79. The van der Waals surface area contributed by atoms with E-state index < -0.39 is 17.5 Å². The third-order valence-electron chi connectivity index (χ3n) is 2.32. The van der Waals surface area contributed by atoms with E-state index >= 15 is 0 Å². The lowest BCUT2D eigenvalue weighted by Crippen LogP contribution is -1.95. The van der Waals surface area contributed by atoms with Crippen LogP contribution >= 0.6 is 11.6 Å². The molecule has 94 valence electrons. The molecule has 0 aliphatic heterocycles. The molecule has 1 nitrogen and oxygen atoms in total. The minimum absolute atomic E-state index is 0.0644. The van der Waals surface area contributed by atoms with Gasteiger partial charge in [0.25, 0.3) is 0 Å². The number of benzene rings is 2. The lowest BCUT2D eigenvalue weighted by molar-refractivity contribution is 0.429. The first kappa shape index (κ1) is 12.8. The summed E-state index contributed by atoms with van der Waals surface area (Å²) < 4.78 is 44.9. The number of alkyl halides is 1. The highest BCUT2D eigenvalue weighted by Crippen LogP contribution is 2.30. The fourth-order valence-electron chi connectivity index (χ4n) is 1.44. The lowest BCUT2D eigenvalue weighted by atomic mass is 10.2. The molecule has 0 aromatic heterocycles. The van der Waals surface area contributed by atoms with E-state index in [4.69, 9.17) is 16.3 Å². The van der Waals surface area contributed by atoms with Crippen molar-refractivity contribution in [3.8, 4) is 11.5 Å². The van der Waals surface area contributed by atoms with Crippen molar-refractivity contribution < 1.29 is 17.9 Å². The van der Waals surface area contributed by atoms with Gasteiger partial charge in [-0.2, -0.15) is 0 Å². The first-order valence-corrected chi connectivity index (χ1v) is 5.61. The van der Waals surface area contributed by atoms with Crippen molar-refractivity contribution in [1.29, 1.82) is 0 Å². The average Bonchev–Trinajstić information content (AvgIpc) is 2.34. The highest BCUT2D eigenvalue weighted by atomic mass is 35.5. The Labute approximate surface area is 107 Å². The normalized spacial score (nSPS) is 10.4. The first-order chi connectivity index (χ1) is 8.61. The minimum atomic E-state index is -0.735. The molecule has 5 heteroatoms. The number of halogens is 4. The van der Waals surface area contributed by atoms with Crippen LogP contribution in [0.4, 0.5) is 13.2 Å². The molecular formula is C13H8ClF3O. The summed E-state index contributed by atoms with van der Waals surface area (Å²) in [5, 5.41) is 0. The van der Waals surface area contributed by atoms with Gasteiger partial charge in [0.2, 0.25) is 0 Å². The molecule has 2 rings (SSSR count). The van der Waals surface area contributed by atoms with Gasteiger partial charge in [0, 0.05) is 11.6 Å². The standard InChI is InChI=1S/C13H8ClF3O/c14-7-9-10(16)2-1-3-12(9)18-13-6-8(15)4-5-11(13)17/h1-6H,7H2. The quantitative estimate of drug-likeness (QED) is 0.740. The smallest absolute Gasteiger partial charge is 0.165 e. The van der Waals surface area contributed by atoms with Crippen LogP contribution in [-0.2, 0) is 5.88 Å². The minimum Gasteiger partial charge on any atom is -0.454 e. The van der Waals surface area contributed by atoms with Crippen molar-refractivity contribution in [3.05, 3.63) is 59.4 Å². The molecule has 0 saturated carbocycles. The van der Waals surface area contributed by atoms with Crippen LogP contribution in [0.2, 0.25) is 0 Å². The predicted octanol–water partition coefficient (Wildman–Crippen LogP) is 4.64. The van der Waals surface area contributed by atoms with Gasteiger partial charge in [0.15, 0.2) is 11.6 Å². The van der Waals surface area contributed by atoms with E-state index in [9.17, 15) is 13.2 Å². The molecule has 0 spiro atoms. The molecule has 0 unspecified atom stereocenters. The van der Waals surface area contributed by atoms with Gasteiger partial charge in [0.05, 0.1) is 5.88 Å². The van der Waals surface area contributed by atoms with E-state index in [1.807, 2.05) is 0 Å². The largest absolute Gasteiger partial charge is 0.454 e. The third-order valence-corrected chi connectivity index (χ3v) is 2.59. The van der Waals surface area contributed by atoms with Crippen LogP contribution in [-0.4, -0.2) is 0 Å². The van der Waals surface area contributed by atoms with E-state index in [1.54, 1.807) is 0 Å². The van der Waals surface area contributed by atoms with E-state index in [0.29, 0.717) is 0 Å². The Kier molecular flexibility index (Phi) is 3.77. The topological polar surface area (TPSA) is 9.23 Å². The third kappa shape index (κ3) is 2.59. The maximum atomic E-state index is 13.4. The molecule has 0 bridgehead atoms. The van der Waals surface area contributed by atoms with E-state index in [-0.39, 0.29) is 22.9 Å². The van der Waals surface area contributed by atoms with Gasteiger partial charge >= 0.3 is 0 Å². The molecule has 0 fully saturated rings. The van der Waals surface area contributed by atoms with E-state index in [2.05, 4.69) is 0 Å². The first-order valence-electron chi connectivity index (χ1n) is 5.08. The summed E-state index contributed by atoms with van der Waals surface area (Å²) in [5.41, 5.74) is 0.0998. The van der Waals surface area contributed by atoms with Gasteiger partial charge in [0.1, 0.15) is 17.4 Å². The number of ether oxygens (including phenoxy) is 1. The SMILES string of the molecule is Fc1ccc(F)c(Oc2cccc(F)c2CCl)c1. The highest BCUT2D eigenvalue weighted by Gasteiger charge is 2.12. The zero-order chi connectivity index (χ0) is 13.1. The fraction of sp³-hybridized carbons (Fsp3) is 0.0769. The maximum absolute atomic E-state index is 13.4. The van der Waals surface area contributed by atoms with E-state index in [0.717, 1.165) is 18.2 Å². The fourth-order valence-corrected chi connectivity index (χ4v) is 1.70. The van der Waals surface area contributed by atoms with Gasteiger partial charge in [-0.15, -0.1) is 11.6 Å². The van der Waals surface area contributed by atoms with Gasteiger partial charge in [-0.25, -0.2) is 13.2 Å². The van der Waals surface area contributed by atoms with Gasteiger partial charge in [-0.3, -0.25) is 0 Å². The lowest BCUT2D eigenvalue weighted by Gasteiger charge is -2.10. The molecule has 0 N–H and O–H groups in total. The molecule has 0 radical (unpaired) electrons. The maximum Gasteiger partial charge on any atom is 0.165 e. The Morgan fingerprint density at radius 3 is 2.44 bits per heavy atom. The molecule has 0 aliphatic rings. The summed E-state index contributed by atoms with van der Waals surface area (Å²) in [7, 11) is 0. The van der Waals surface area contributed by atoms with Crippen LogP contribution in [0.25, 0.3) is 0 Å². The van der Waals surface area contributed by atoms with Gasteiger partial charge < -0.3 is 4.74 Å². The summed E-state index contributed by atoms with van der Waals surface area (Å²) in [6.07, 6.45) is 0. The zero-order valence-electron chi connectivity index (χ0n) is 9.09. The van der Waals surface area contributed by atoms with Crippen molar-refractivity contribution in [3.63, 3.8) is 0 Å². The summed E-state index contributed by atoms with van der Waals surface area (Å²) in [6.45, 7) is 0. The molecule has 0 aliphatic carbocycles. The predicted molar refractivity (Wildman–Crippen MR) is 62.4 cm³/mol. The molecule has 2 aromatic carbocycles. The Hall–Kier alpha value is -1.68. The van der Waals surface area contributed by atoms with Gasteiger partial charge in [-0.1, -0.05) is 6.07 Å². The monoisotopic (exact) mass is 272 g/mol. The molecular weight excluding hydrogens is 265 g/mol. The highest BCUT2D eigenvalue weighted by molar-refractivity contribution is 6.17. The van der Waals surface area contributed by atoms with Gasteiger partial charge in [-0.05, 0) is 24.3 Å². The average molecular weight is 273 g/mol. The number of rotatable bonds is 3. The molecule has 0 atom stereocenters. The summed E-state index contributed by atoms with van der Waals surface area (Å²) in [5.74, 6) is -2.31. The molecule has 18 heavy (non-hydrogen) atoms. The molecule has 0 heterocycles. The second kappa shape index (κ2) is 5.31. The summed E-state index contributed by atoms with van der Waals surface area (Å²) >= 11 is 5.59. The Morgan fingerprint density at radius 2 is 1.72 bits per heavy atom. The number of hydrogen-bond donors (Lipinski definition) is 0. The van der Waals surface area contributed by atoms with Crippen molar-refractivity contribution >= 4 is 11.6 Å². The molecule has 0 amide bonds. The Balaban J connectivity index is 2.40. The van der Waals surface area contributed by atoms with Crippen molar-refractivity contribution in [2.24, 2.45) is 0 Å². The van der Waals surface area contributed by atoms with Crippen LogP contribution in [0.3, 0.4) is 0 Å². The summed E-state index contributed by atoms with van der Waals surface area (Å²) in [6, 6.07) is 6.84. The molecule has 2 aromatic rings. The van der Waals surface area contributed by atoms with Crippen LogP contribution in [0, 0.1) is 17.5 Å². The van der Waals surface area contributed by atoms with Crippen LogP contribution in [0.1, 0.15) is 5.56 Å².